The van der Waals surface area contributed by atoms with Crippen LogP contribution in [0.4, 0.5) is 5.82 Å². The van der Waals surface area contributed by atoms with E-state index < -0.39 is 0 Å². The molecular weight excluding hydrogens is 286 g/mol. The molecule has 1 saturated carbocycles. The molecule has 1 aliphatic carbocycles. The number of hydrogen-bond acceptors (Lipinski definition) is 3. The minimum Gasteiger partial charge on any atom is -0.370 e. The summed E-state index contributed by atoms with van der Waals surface area (Å²) >= 11 is 6.12. The number of amides is 1. The largest absolute Gasteiger partial charge is 0.370 e. The molecule has 4 nitrogen and oxygen atoms in total. The van der Waals surface area contributed by atoms with Crippen molar-refractivity contribution >= 4 is 23.3 Å². The number of carbonyl (C=O) groups excluding carboxylic acids is 1. The molecule has 2 N–H and O–H groups in total. The van der Waals surface area contributed by atoms with Gasteiger partial charge in [0.2, 0.25) is 0 Å². The van der Waals surface area contributed by atoms with E-state index in [4.69, 9.17) is 11.6 Å². The first-order chi connectivity index (χ1) is 10.0. The molecule has 0 aromatic carbocycles. The number of pyridine rings is 1. The molecule has 0 aliphatic heterocycles. The van der Waals surface area contributed by atoms with E-state index in [0.29, 0.717) is 28.2 Å². The number of nitrogens with one attached hydrogen (secondary N) is 2. The van der Waals surface area contributed by atoms with Crippen molar-refractivity contribution in [3.8, 4) is 0 Å². The highest BCUT2D eigenvalue weighted by Gasteiger charge is 2.28. The molecule has 0 bridgehead atoms. The van der Waals surface area contributed by atoms with Crippen molar-refractivity contribution in [3.05, 3.63) is 22.8 Å². The number of halogens is 1. The molecule has 1 amide bonds. The van der Waals surface area contributed by atoms with Crippen molar-refractivity contribution in [2.45, 2.75) is 46.1 Å². The van der Waals surface area contributed by atoms with Gasteiger partial charge in [-0.3, -0.25) is 4.79 Å². The number of aromatic nitrogens is 1. The van der Waals surface area contributed by atoms with Crippen LogP contribution in [0.1, 0.15) is 50.4 Å². The Bertz CT molecular complexity index is 506. The van der Waals surface area contributed by atoms with Gasteiger partial charge in [0.15, 0.2) is 0 Å². The second-order valence-corrected chi connectivity index (χ2v) is 6.33. The third-order valence-electron chi connectivity index (χ3n) is 4.48. The summed E-state index contributed by atoms with van der Waals surface area (Å²) < 4.78 is 0. The van der Waals surface area contributed by atoms with Gasteiger partial charge in [0.1, 0.15) is 5.82 Å². The average Bonchev–Trinajstić information content (AvgIpc) is 2.46. The van der Waals surface area contributed by atoms with Crippen LogP contribution in [0.3, 0.4) is 0 Å². The monoisotopic (exact) mass is 309 g/mol. The van der Waals surface area contributed by atoms with Gasteiger partial charge in [-0.25, -0.2) is 4.98 Å². The number of hydrogen-bond donors (Lipinski definition) is 2. The summed E-state index contributed by atoms with van der Waals surface area (Å²) in [6.07, 6.45) is 4.98. The summed E-state index contributed by atoms with van der Waals surface area (Å²) in [6.45, 7) is 7.21. The van der Waals surface area contributed by atoms with E-state index in [1.807, 2.05) is 6.92 Å². The first-order valence-electron chi connectivity index (χ1n) is 7.73. The molecule has 1 aromatic heterocycles. The van der Waals surface area contributed by atoms with Gasteiger partial charge < -0.3 is 10.6 Å². The van der Waals surface area contributed by atoms with Crippen LogP contribution in [0.5, 0.6) is 0 Å². The molecule has 0 radical (unpaired) electrons. The van der Waals surface area contributed by atoms with Crippen molar-refractivity contribution in [2.24, 2.45) is 11.8 Å². The van der Waals surface area contributed by atoms with Gasteiger partial charge in [-0.2, -0.15) is 0 Å². The Morgan fingerprint density at radius 3 is 2.90 bits per heavy atom. The van der Waals surface area contributed by atoms with E-state index in [9.17, 15) is 4.79 Å². The zero-order valence-electron chi connectivity index (χ0n) is 12.9. The zero-order valence-corrected chi connectivity index (χ0v) is 13.7. The molecular formula is C16H24ClN3O. The van der Waals surface area contributed by atoms with Crippen molar-refractivity contribution < 1.29 is 4.79 Å². The van der Waals surface area contributed by atoms with Crippen LogP contribution in [0.15, 0.2) is 12.3 Å². The maximum absolute atomic E-state index is 12.5. The standard InChI is InChI=1S/C16H24ClN3O/c1-4-18-15-8-12(13(17)9-19-15)16(21)20-14-7-5-6-10(2)11(14)3/h8-11,14H,4-7H2,1-3H3,(H,18,19)(H,20,21). The fraction of sp³-hybridized carbons (Fsp3) is 0.625. The van der Waals surface area contributed by atoms with Gasteiger partial charge in [0.25, 0.3) is 5.91 Å². The molecule has 3 atom stereocenters. The molecule has 0 spiro atoms. The summed E-state index contributed by atoms with van der Waals surface area (Å²) in [5, 5.41) is 6.64. The lowest BCUT2D eigenvalue weighted by Crippen LogP contribution is -2.43. The lowest BCUT2D eigenvalue weighted by atomic mass is 9.78. The summed E-state index contributed by atoms with van der Waals surface area (Å²) in [5.74, 6) is 1.72. The van der Waals surface area contributed by atoms with Crippen LogP contribution >= 0.6 is 11.6 Å². The molecule has 2 rings (SSSR count). The Hall–Kier alpha value is -1.29. The molecule has 5 heteroatoms. The first-order valence-corrected chi connectivity index (χ1v) is 8.11. The van der Waals surface area contributed by atoms with Crippen LogP contribution in [-0.4, -0.2) is 23.5 Å². The van der Waals surface area contributed by atoms with Crippen molar-refractivity contribution in [3.63, 3.8) is 0 Å². The Morgan fingerprint density at radius 1 is 1.43 bits per heavy atom. The molecule has 1 aliphatic rings. The van der Waals surface area contributed by atoms with Crippen molar-refractivity contribution in [1.82, 2.24) is 10.3 Å². The second-order valence-electron chi connectivity index (χ2n) is 5.93. The summed E-state index contributed by atoms with van der Waals surface area (Å²) in [7, 11) is 0. The van der Waals surface area contributed by atoms with Gasteiger partial charge in [-0.15, -0.1) is 0 Å². The quantitative estimate of drug-likeness (QED) is 0.891. The molecule has 1 aromatic rings. The summed E-state index contributed by atoms with van der Waals surface area (Å²) in [5.41, 5.74) is 0.494. The Labute approximate surface area is 131 Å². The molecule has 0 saturated heterocycles. The minimum absolute atomic E-state index is 0.104. The van der Waals surface area contributed by atoms with Crippen molar-refractivity contribution in [2.75, 3.05) is 11.9 Å². The minimum atomic E-state index is -0.104. The van der Waals surface area contributed by atoms with Gasteiger partial charge in [-0.1, -0.05) is 38.3 Å². The fourth-order valence-electron chi connectivity index (χ4n) is 2.92. The second kappa shape index (κ2) is 7.12. The fourth-order valence-corrected chi connectivity index (χ4v) is 3.11. The predicted octanol–water partition coefficient (Wildman–Crippen LogP) is 3.72. The highest BCUT2D eigenvalue weighted by atomic mass is 35.5. The Morgan fingerprint density at radius 2 is 2.19 bits per heavy atom. The lowest BCUT2D eigenvalue weighted by Gasteiger charge is -2.34. The van der Waals surface area contributed by atoms with E-state index in [1.54, 1.807) is 6.07 Å². The molecule has 116 valence electrons. The zero-order chi connectivity index (χ0) is 15.4. The topological polar surface area (TPSA) is 54.0 Å². The Balaban J connectivity index is 2.10. The van der Waals surface area contributed by atoms with Gasteiger partial charge in [0.05, 0.1) is 10.6 Å². The van der Waals surface area contributed by atoms with E-state index in [0.717, 1.165) is 13.0 Å². The number of anilines is 1. The molecule has 21 heavy (non-hydrogen) atoms. The predicted molar refractivity (Wildman–Crippen MR) is 86.8 cm³/mol. The molecule has 3 unspecified atom stereocenters. The summed E-state index contributed by atoms with van der Waals surface area (Å²) in [4.78, 5) is 16.7. The number of carbonyl (C=O) groups is 1. The lowest BCUT2D eigenvalue weighted by molar-refractivity contribution is 0.0891. The van der Waals surface area contributed by atoms with Crippen LogP contribution in [0.2, 0.25) is 5.02 Å². The van der Waals surface area contributed by atoms with E-state index in [1.165, 1.54) is 19.0 Å². The summed E-state index contributed by atoms with van der Waals surface area (Å²) in [6, 6.07) is 1.95. The van der Waals surface area contributed by atoms with Crippen LogP contribution < -0.4 is 10.6 Å². The maximum Gasteiger partial charge on any atom is 0.253 e. The van der Waals surface area contributed by atoms with Crippen molar-refractivity contribution in [1.29, 1.82) is 0 Å². The van der Waals surface area contributed by atoms with Gasteiger partial charge in [-0.05, 0) is 31.2 Å². The SMILES string of the molecule is CCNc1cc(C(=O)NC2CCCC(C)C2C)c(Cl)cn1. The van der Waals surface area contributed by atoms with Gasteiger partial charge in [0, 0.05) is 18.8 Å². The third-order valence-corrected chi connectivity index (χ3v) is 4.78. The number of rotatable bonds is 4. The first kappa shape index (κ1) is 16.1. The average molecular weight is 310 g/mol. The van der Waals surface area contributed by atoms with Gasteiger partial charge >= 0.3 is 0 Å². The highest BCUT2D eigenvalue weighted by Crippen LogP contribution is 2.30. The highest BCUT2D eigenvalue weighted by molar-refractivity contribution is 6.33. The smallest absolute Gasteiger partial charge is 0.253 e. The number of nitrogens with zero attached hydrogens (tertiary/aromatic N) is 1. The van der Waals surface area contributed by atoms with Crippen LogP contribution in [-0.2, 0) is 0 Å². The normalized spacial score (nSPS) is 25.4. The molecule has 1 fully saturated rings. The van der Waals surface area contributed by atoms with Crippen LogP contribution in [0.25, 0.3) is 0 Å². The van der Waals surface area contributed by atoms with E-state index in [2.05, 4.69) is 29.5 Å². The molecule has 1 heterocycles. The maximum atomic E-state index is 12.5. The third kappa shape index (κ3) is 3.88. The Kier molecular flexibility index (Phi) is 5.45. The van der Waals surface area contributed by atoms with E-state index in [-0.39, 0.29) is 11.9 Å². The van der Waals surface area contributed by atoms with Crippen LogP contribution in [0, 0.1) is 11.8 Å². The van der Waals surface area contributed by atoms with E-state index >= 15 is 0 Å².